The molecule has 0 bridgehead atoms. The average molecular weight is 265 g/mol. The molecule has 0 aliphatic rings. The third-order valence-electron chi connectivity index (χ3n) is 3.08. The van der Waals surface area contributed by atoms with Crippen molar-refractivity contribution in [2.45, 2.75) is 39.7 Å². The van der Waals surface area contributed by atoms with E-state index in [0.717, 1.165) is 24.4 Å². The summed E-state index contributed by atoms with van der Waals surface area (Å²) in [5.41, 5.74) is 0.975. The second-order valence-corrected chi connectivity index (χ2v) is 5.77. The van der Waals surface area contributed by atoms with Crippen molar-refractivity contribution in [3.8, 4) is 6.07 Å². The van der Waals surface area contributed by atoms with Crippen LogP contribution in [0.4, 0.5) is 0 Å². The Balaban J connectivity index is 2.34. The lowest BCUT2D eigenvalue weighted by Crippen LogP contribution is -2.21. The van der Waals surface area contributed by atoms with Crippen LogP contribution >= 0.6 is 11.6 Å². The van der Waals surface area contributed by atoms with Crippen molar-refractivity contribution in [1.29, 1.82) is 5.26 Å². The molecule has 0 aromatic heterocycles. The van der Waals surface area contributed by atoms with E-state index in [2.05, 4.69) is 24.4 Å². The summed E-state index contributed by atoms with van der Waals surface area (Å²) in [4.78, 5) is 0. The first-order valence-electron chi connectivity index (χ1n) is 6.35. The third kappa shape index (κ3) is 5.08. The minimum absolute atomic E-state index is 0.221. The highest BCUT2D eigenvalue weighted by atomic mass is 35.5. The molecule has 0 radical (unpaired) electrons. The SMILES string of the molecule is C[C@H](NCCCC(C)(C)C#N)c1cccc(Cl)c1. The van der Waals surface area contributed by atoms with Crippen molar-refractivity contribution in [3.05, 3.63) is 34.9 Å². The molecule has 0 saturated heterocycles. The van der Waals surface area contributed by atoms with E-state index in [1.54, 1.807) is 0 Å². The Morgan fingerprint density at radius 3 is 2.78 bits per heavy atom. The maximum absolute atomic E-state index is 8.93. The van der Waals surface area contributed by atoms with Gasteiger partial charge in [0.1, 0.15) is 0 Å². The van der Waals surface area contributed by atoms with Crippen LogP contribution in [0.15, 0.2) is 24.3 Å². The third-order valence-corrected chi connectivity index (χ3v) is 3.32. The van der Waals surface area contributed by atoms with Crippen LogP contribution in [0, 0.1) is 16.7 Å². The van der Waals surface area contributed by atoms with Gasteiger partial charge in [-0.05, 0) is 57.9 Å². The van der Waals surface area contributed by atoms with Crippen molar-refractivity contribution < 1.29 is 0 Å². The fraction of sp³-hybridized carbons (Fsp3) is 0.533. The highest BCUT2D eigenvalue weighted by Crippen LogP contribution is 2.21. The Morgan fingerprint density at radius 1 is 1.44 bits per heavy atom. The molecule has 0 amide bonds. The van der Waals surface area contributed by atoms with Gasteiger partial charge in [0.2, 0.25) is 0 Å². The summed E-state index contributed by atoms with van der Waals surface area (Å²) in [6.07, 6.45) is 1.92. The predicted molar refractivity (Wildman–Crippen MR) is 76.5 cm³/mol. The van der Waals surface area contributed by atoms with Crippen LogP contribution in [0.25, 0.3) is 0 Å². The van der Waals surface area contributed by atoms with E-state index in [9.17, 15) is 0 Å². The van der Waals surface area contributed by atoms with Gasteiger partial charge in [0.25, 0.3) is 0 Å². The molecular weight excluding hydrogens is 244 g/mol. The molecule has 0 unspecified atom stereocenters. The lowest BCUT2D eigenvalue weighted by Gasteiger charge is -2.17. The lowest BCUT2D eigenvalue weighted by molar-refractivity contribution is 0.417. The second-order valence-electron chi connectivity index (χ2n) is 5.33. The van der Waals surface area contributed by atoms with Crippen LogP contribution < -0.4 is 5.32 Å². The van der Waals surface area contributed by atoms with Gasteiger partial charge in [0.05, 0.1) is 11.5 Å². The zero-order valence-corrected chi connectivity index (χ0v) is 12.1. The summed E-state index contributed by atoms with van der Waals surface area (Å²) in [6, 6.07) is 10.5. The number of hydrogen-bond donors (Lipinski definition) is 1. The molecule has 2 nitrogen and oxygen atoms in total. The first-order valence-corrected chi connectivity index (χ1v) is 6.72. The Labute approximate surface area is 115 Å². The van der Waals surface area contributed by atoms with E-state index < -0.39 is 0 Å². The molecule has 98 valence electrons. The quantitative estimate of drug-likeness (QED) is 0.777. The van der Waals surface area contributed by atoms with Gasteiger partial charge in [-0.2, -0.15) is 5.26 Å². The van der Waals surface area contributed by atoms with Gasteiger partial charge < -0.3 is 5.32 Å². The van der Waals surface area contributed by atoms with Crippen LogP contribution in [-0.4, -0.2) is 6.54 Å². The Kier molecular flexibility index (Phi) is 5.65. The van der Waals surface area contributed by atoms with Crippen molar-refractivity contribution in [3.63, 3.8) is 0 Å². The number of nitrogens with zero attached hydrogens (tertiary/aromatic N) is 1. The molecular formula is C15H21ClN2. The summed E-state index contributed by atoms with van der Waals surface area (Å²) in [6.45, 7) is 7.00. The second kappa shape index (κ2) is 6.78. The fourth-order valence-corrected chi connectivity index (χ4v) is 2.00. The molecule has 18 heavy (non-hydrogen) atoms. The molecule has 0 aliphatic carbocycles. The van der Waals surface area contributed by atoms with E-state index in [0.29, 0.717) is 0 Å². The van der Waals surface area contributed by atoms with Gasteiger partial charge in [0.15, 0.2) is 0 Å². The zero-order chi connectivity index (χ0) is 13.6. The topological polar surface area (TPSA) is 35.8 Å². The molecule has 3 heteroatoms. The molecule has 1 N–H and O–H groups in total. The van der Waals surface area contributed by atoms with Gasteiger partial charge in [-0.25, -0.2) is 0 Å². The number of halogens is 1. The number of benzene rings is 1. The van der Waals surface area contributed by atoms with E-state index in [4.69, 9.17) is 16.9 Å². The summed E-state index contributed by atoms with van der Waals surface area (Å²) >= 11 is 5.97. The molecule has 0 saturated carbocycles. The van der Waals surface area contributed by atoms with Gasteiger partial charge in [-0.1, -0.05) is 23.7 Å². The molecule has 1 aromatic carbocycles. The fourth-order valence-electron chi connectivity index (χ4n) is 1.80. The summed E-state index contributed by atoms with van der Waals surface area (Å²) in [5, 5.41) is 13.2. The number of rotatable bonds is 6. The normalized spacial score (nSPS) is 13.1. The molecule has 0 aliphatic heterocycles. The molecule has 1 aromatic rings. The van der Waals surface area contributed by atoms with E-state index >= 15 is 0 Å². The maximum atomic E-state index is 8.93. The van der Waals surface area contributed by atoms with Crippen molar-refractivity contribution in [1.82, 2.24) is 5.32 Å². The zero-order valence-electron chi connectivity index (χ0n) is 11.3. The molecule has 1 rings (SSSR count). The van der Waals surface area contributed by atoms with Gasteiger partial charge in [-0.15, -0.1) is 0 Å². The summed E-state index contributed by atoms with van der Waals surface area (Å²) in [5.74, 6) is 0. The van der Waals surface area contributed by atoms with Crippen molar-refractivity contribution >= 4 is 11.6 Å². The standard InChI is InChI=1S/C15H21ClN2/c1-12(13-6-4-7-14(16)10-13)18-9-5-8-15(2,3)11-17/h4,6-7,10,12,18H,5,8-9H2,1-3H3/t12-/m0/s1. The van der Waals surface area contributed by atoms with Crippen LogP contribution in [0.1, 0.15) is 45.2 Å². The molecule has 0 fully saturated rings. The van der Waals surface area contributed by atoms with Crippen LogP contribution in [0.2, 0.25) is 5.02 Å². The molecule has 0 spiro atoms. The molecule has 1 atom stereocenters. The van der Waals surface area contributed by atoms with Crippen molar-refractivity contribution in [2.75, 3.05) is 6.54 Å². The van der Waals surface area contributed by atoms with Crippen LogP contribution in [0.3, 0.4) is 0 Å². The lowest BCUT2D eigenvalue weighted by atomic mass is 9.90. The summed E-state index contributed by atoms with van der Waals surface area (Å²) < 4.78 is 0. The van der Waals surface area contributed by atoms with Gasteiger partial charge >= 0.3 is 0 Å². The minimum atomic E-state index is -0.221. The molecule has 0 heterocycles. The highest BCUT2D eigenvalue weighted by Gasteiger charge is 2.15. The number of nitrogens with one attached hydrogen (secondary N) is 1. The van der Waals surface area contributed by atoms with Gasteiger partial charge in [-0.3, -0.25) is 0 Å². The first-order chi connectivity index (χ1) is 8.44. The first kappa shape index (κ1) is 15.0. The van der Waals surface area contributed by atoms with E-state index in [1.165, 1.54) is 5.56 Å². The summed E-state index contributed by atoms with van der Waals surface area (Å²) in [7, 11) is 0. The Bertz CT molecular complexity index is 421. The maximum Gasteiger partial charge on any atom is 0.0683 e. The Hall–Kier alpha value is -1.04. The largest absolute Gasteiger partial charge is 0.310 e. The highest BCUT2D eigenvalue weighted by molar-refractivity contribution is 6.30. The van der Waals surface area contributed by atoms with Crippen LogP contribution in [-0.2, 0) is 0 Å². The van der Waals surface area contributed by atoms with Gasteiger partial charge in [0, 0.05) is 11.1 Å². The predicted octanol–water partition coefficient (Wildman–Crippen LogP) is 4.32. The van der Waals surface area contributed by atoms with Crippen molar-refractivity contribution in [2.24, 2.45) is 5.41 Å². The van der Waals surface area contributed by atoms with Crippen LogP contribution in [0.5, 0.6) is 0 Å². The smallest absolute Gasteiger partial charge is 0.0683 e. The Morgan fingerprint density at radius 2 is 2.17 bits per heavy atom. The average Bonchev–Trinajstić information content (AvgIpc) is 2.34. The number of nitriles is 1. The van der Waals surface area contributed by atoms with E-state index in [1.807, 2.05) is 32.0 Å². The van der Waals surface area contributed by atoms with E-state index in [-0.39, 0.29) is 11.5 Å². The number of hydrogen-bond acceptors (Lipinski definition) is 2. The minimum Gasteiger partial charge on any atom is -0.310 e. The monoisotopic (exact) mass is 264 g/mol.